The number of sulfonamides is 1. The Morgan fingerprint density at radius 3 is 2.85 bits per heavy atom. The number of amides is 1. The maximum atomic E-state index is 12.3. The molecule has 1 aliphatic heterocycles. The number of nitrogens with one attached hydrogen (secondary N) is 2. The zero-order chi connectivity index (χ0) is 14.6. The average molecular weight is 303 g/mol. The van der Waals surface area contributed by atoms with Gasteiger partial charge in [-0.25, -0.2) is 13.9 Å². The molecule has 2 N–H and O–H groups in total. The highest BCUT2D eigenvalue weighted by Crippen LogP contribution is 2.17. The number of carbonyl (C=O) groups excluding carboxylic acids is 1. The van der Waals surface area contributed by atoms with E-state index in [1.807, 2.05) is 0 Å². The number of morpholine rings is 1. The fourth-order valence-electron chi connectivity index (χ4n) is 1.78. The molecule has 0 aliphatic carbocycles. The highest BCUT2D eigenvalue weighted by atomic mass is 32.2. The quantitative estimate of drug-likeness (QED) is 0.728. The predicted molar refractivity (Wildman–Crippen MR) is 69.5 cm³/mol. The van der Waals surface area contributed by atoms with Crippen LogP contribution in [0.3, 0.4) is 0 Å². The number of nitrogens with zero attached hydrogens (tertiary/aromatic N) is 1. The molecule has 1 aliphatic rings. The second-order valence-electron chi connectivity index (χ2n) is 4.13. The normalized spacial score (nSPS) is 17.1. The van der Waals surface area contributed by atoms with Crippen LogP contribution in [0.4, 0.5) is 0 Å². The summed E-state index contributed by atoms with van der Waals surface area (Å²) < 4.78 is 31.1. The van der Waals surface area contributed by atoms with Crippen LogP contribution in [0.15, 0.2) is 17.2 Å². The third-order valence-corrected chi connectivity index (χ3v) is 4.69. The molecule has 0 atom stereocenters. The molecule has 9 heteroatoms. The molecular formula is C11H17N3O5S. The van der Waals surface area contributed by atoms with Gasteiger partial charge in [0, 0.05) is 19.3 Å². The maximum Gasteiger partial charge on any atom is 0.291 e. The van der Waals surface area contributed by atoms with E-state index in [4.69, 9.17) is 9.57 Å². The molecule has 0 bridgehead atoms. The van der Waals surface area contributed by atoms with Crippen molar-refractivity contribution < 1.29 is 22.8 Å². The van der Waals surface area contributed by atoms with Crippen molar-refractivity contribution in [2.75, 3.05) is 32.9 Å². The molecule has 0 saturated carbocycles. The van der Waals surface area contributed by atoms with Crippen molar-refractivity contribution in [2.45, 2.75) is 11.8 Å². The zero-order valence-electron chi connectivity index (χ0n) is 11.1. The Kier molecular flexibility index (Phi) is 4.76. The van der Waals surface area contributed by atoms with Crippen LogP contribution in [0.25, 0.3) is 0 Å². The lowest BCUT2D eigenvalue weighted by Crippen LogP contribution is -2.40. The minimum Gasteiger partial charge on any atom is -0.379 e. The van der Waals surface area contributed by atoms with Gasteiger partial charge in [0.05, 0.1) is 19.8 Å². The van der Waals surface area contributed by atoms with Gasteiger partial charge in [0.1, 0.15) is 10.6 Å². The van der Waals surface area contributed by atoms with Gasteiger partial charge >= 0.3 is 0 Å². The first-order valence-corrected chi connectivity index (χ1v) is 7.68. The number of aromatic nitrogens is 1. The number of carbonyl (C=O) groups is 1. The molecule has 1 aromatic rings. The Morgan fingerprint density at radius 1 is 1.50 bits per heavy atom. The standard InChI is InChI=1S/C11H17N3O5S/c1-2-19-13-11(15)10-7-9(8-12-10)20(16,17)14-3-5-18-6-4-14/h7-8,12H,2-6H2,1H3,(H,13,15). The molecular weight excluding hydrogens is 286 g/mol. The molecule has 1 aromatic heterocycles. The van der Waals surface area contributed by atoms with E-state index in [1.54, 1.807) is 6.92 Å². The number of hydroxylamine groups is 1. The lowest BCUT2D eigenvalue weighted by molar-refractivity contribution is 0.0360. The van der Waals surface area contributed by atoms with Gasteiger partial charge in [-0.15, -0.1) is 0 Å². The monoisotopic (exact) mass is 303 g/mol. The number of hydrogen-bond donors (Lipinski definition) is 2. The van der Waals surface area contributed by atoms with Gasteiger partial charge in [-0.2, -0.15) is 4.31 Å². The number of rotatable bonds is 5. The van der Waals surface area contributed by atoms with Gasteiger partial charge in [0.2, 0.25) is 10.0 Å². The zero-order valence-corrected chi connectivity index (χ0v) is 11.9. The minimum absolute atomic E-state index is 0.0565. The van der Waals surface area contributed by atoms with E-state index < -0.39 is 15.9 Å². The molecule has 1 saturated heterocycles. The van der Waals surface area contributed by atoms with Crippen molar-refractivity contribution in [1.82, 2.24) is 14.8 Å². The van der Waals surface area contributed by atoms with Crippen LogP contribution < -0.4 is 5.48 Å². The second kappa shape index (κ2) is 6.35. The summed E-state index contributed by atoms with van der Waals surface area (Å²) in [6.45, 7) is 3.43. The number of hydrogen-bond acceptors (Lipinski definition) is 5. The van der Waals surface area contributed by atoms with Crippen molar-refractivity contribution in [2.24, 2.45) is 0 Å². The van der Waals surface area contributed by atoms with Crippen LogP contribution in [0, 0.1) is 0 Å². The highest BCUT2D eigenvalue weighted by molar-refractivity contribution is 7.89. The molecule has 2 rings (SSSR count). The summed E-state index contributed by atoms with van der Waals surface area (Å²) in [5.41, 5.74) is 2.32. The maximum absolute atomic E-state index is 12.3. The van der Waals surface area contributed by atoms with E-state index in [0.29, 0.717) is 32.9 Å². The molecule has 112 valence electrons. The van der Waals surface area contributed by atoms with Crippen molar-refractivity contribution >= 4 is 15.9 Å². The molecule has 1 fully saturated rings. The fraction of sp³-hybridized carbons (Fsp3) is 0.545. The molecule has 0 aromatic carbocycles. The van der Waals surface area contributed by atoms with Crippen LogP contribution in [-0.4, -0.2) is 56.5 Å². The number of ether oxygens (including phenoxy) is 1. The van der Waals surface area contributed by atoms with E-state index in [9.17, 15) is 13.2 Å². The van der Waals surface area contributed by atoms with Crippen molar-refractivity contribution in [3.05, 3.63) is 18.0 Å². The Labute approximate surface area is 117 Å². The lowest BCUT2D eigenvalue weighted by Gasteiger charge is -2.25. The van der Waals surface area contributed by atoms with E-state index in [-0.39, 0.29) is 10.6 Å². The second-order valence-corrected chi connectivity index (χ2v) is 6.07. The largest absolute Gasteiger partial charge is 0.379 e. The summed E-state index contributed by atoms with van der Waals surface area (Å²) >= 11 is 0. The fourth-order valence-corrected chi connectivity index (χ4v) is 3.19. The summed E-state index contributed by atoms with van der Waals surface area (Å²) in [5.74, 6) is -0.518. The Balaban J connectivity index is 2.13. The molecule has 1 amide bonds. The van der Waals surface area contributed by atoms with Gasteiger partial charge in [-0.1, -0.05) is 0 Å². The van der Waals surface area contributed by atoms with Crippen LogP contribution in [0.1, 0.15) is 17.4 Å². The SMILES string of the molecule is CCONC(=O)c1cc(S(=O)(=O)N2CCOCC2)c[nH]1. The lowest BCUT2D eigenvalue weighted by atomic mass is 10.4. The molecule has 20 heavy (non-hydrogen) atoms. The topological polar surface area (TPSA) is 101 Å². The minimum atomic E-state index is -3.59. The smallest absolute Gasteiger partial charge is 0.291 e. The van der Waals surface area contributed by atoms with Gasteiger partial charge in [-0.05, 0) is 13.0 Å². The molecule has 0 unspecified atom stereocenters. The summed E-state index contributed by atoms with van der Waals surface area (Å²) in [4.78, 5) is 19.1. The average Bonchev–Trinajstić information content (AvgIpc) is 2.96. The predicted octanol–water partition coefficient (Wildman–Crippen LogP) is -0.283. The summed E-state index contributed by atoms with van der Waals surface area (Å²) in [6.07, 6.45) is 1.30. The van der Waals surface area contributed by atoms with E-state index in [1.165, 1.54) is 16.6 Å². The third-order valence-electron chi connectivity index (χ3n) is 2.82. The van der Waals surface area contributed by atoms with Gasteiger partial charge in [-0.3, -0.25) is 9.63 Å². The van der Waals surface area contributed by atoms with Crippen LogP contribution in [-0.2, 0) is 19.6 Å². The van der Waals surface area contributed by atoms with Crippen LogP contribution in [0.2, 0.25) is 0 Å². The van der Waals surface area contributed by atoms with Crippen LogP contribution in [0.5, 0.6) is 0 Å². The molecule has 0 radical (unpaired) electrons. The van der Waals surface area contributed by atoms with Crippen molar-refractivity contribution in [3.63, 3.8) is 0 Å². The molecule has 2 heterocycles. The summed E-state index contributed by atoms with van der Waals surface area (Å²) in [7, 11) is -3.59. The Morgan fingerprint density at radius 2 is 2.20 bits per heavy atom. The summed E-state index contributed by atoms with van der Waals surface area (Å²) in [5, 5.41) is 0. The van der Waals surface area contributed by atoms with Gasteiger partial charge in [0.25, 0.3) is 5.91 Å². The molecule has 8 nitrogen and oxygen atoms in total. The third kappa shape index (κ3) is 3.18. The highest BCUT2D eigenvalue weighted by Gasteiger charge is 2.27. The first-order valence-electron chi connectivity index (χ1n) is 6.24. The van der Waals surface area contributed by atoms with Crippen molar-refractivity contribution in [3.8, 4) is 0 Å². The Hall–Kier alpha value is -1.42. The number of H-pyrrole nitrogens is 1. The van der Waals surface area contributed by atoms with E-state index in [2.05, 4.69) is 10.5 Å². The van der Waals surface area contributed by atoms with Crippen LogP contribution >= 0.6 is 0 Å². The number of aromatic amines is 1. The summed E-state index contributed by atoms with van der Waals surface area (Å²) in [6, 6.07) is 1.29. The first kappa shape index (κ1) is 15.0. The molecule has 0 spiro atoms. The van der Waals surface area contributed by atoms with E-state index >= 15 is 0 Å². The first-order chi connectivity index (χ1) is 9.55. The van der Waals surface area contributed by atoms with Crippen molar-refractivity contribution in [1.29, 1.82) is 0 Å². The van der Waals surface area contributed by atoms with E-state index in [0.717, 1.165) is 0 Å². The van der Waals surface area contributed by atoms with Gasteiger partial charge < -0.3 is 9.72 Å². The Bertz CT molecular complexity index is 562. The van der Waals surface area contributed by atoms with Gasteiger partial charge in [0.15, 0.2) is 0 Å².